The Morgan fingerprint density at radius 1 is 1.35 bits per heavy atom. The second-order valence-electron chi connectivity index (χ2n) is 3.65. The highest BCUT2D eigenvalue weighted by molar-refractivity contribution is 7.15. The van der Waals surface area contributed by atoms with E-state index in [1.54, 1.807) is 6.07 Å². The van der Waals surface area contributed by atoms with Crippen molar-refractivity contribution in [2.45, 2.75) is 19.5 Å². The maximum absolute atomic E-state index is 12.8. The topological polar surface area (TPSA) is 17.8 Å². The third-order valence-corrected chi connectivity index (χ3v) is 3.72. The number of halogens is 3. The van der Waals surface area contributed by atoms with Gasteiger partial charge in [0, 0.05) is 11.9 Å². The lowest BCUT2D eigenvalue weighted by molar-refractivity contribution is -0.137. The second kappa shape index (κ2) is 4.18. The van der Waals surface area contributed by atoms with Gasteiger partial charge in [0.25, 0.3) is 0 Å². The number of thiophene rings is 1. The number of nitrogens with zero attached hydrogens (tertiary/aromatic N) is 2. The van der Waals surface area contributed by atoms with Gasteiger partial charge in [-0.3, -0.25) is 4.68 Å². The van der Waals surface area contributed by atoms with E-state index in [1.807, 2.05) is 13.0 Å². The summed E-state index contributed by atoms with van der Waals surface area (Å²) in [5, 5.41) is 3.70. The number of alkyl halides is 3. The summed E-state index contributed by atoms with van der Waals surface area (Å²) in [7, 11) is 1.52. The third kappa shape index (κ3) is 2.22. The fourth-order valence-electron chi connectivity index (χ4n) is 1.63. The lowest BCUT2D eigenvalue weighted by Gasteiger charge is -2.07. The lowest BCUT2D eigenvalue weighted by atomic mass is 10.2. The van der Waals surface area contributed by atoms with Crippen LogP contribution in [0.4, 0.5) is 13.2 Å². The Bertz CT molecular complexity index is 525. The Labute approximate surface area is 101 Å². The molecule has 0 bridgehead atoms. The van der Waals surface area contributed by atoms with Crippen molar-refractivity contribution in [2.75, 3.05) is 0 Å². The summed E-state index contributed by atoms with van der Waals surface area (Å²) < 4.78 is 39.6. The fourth-order valence-corrected chi connectivity index (χ4v) is 2.67. The van der Waals surface area contributed by atoms with E-state index >= 15 is 0 Å². The average molecular weight is 260 g/mol. The van der Waals surface area contributed by atoms with E-state index in [0.29, 0.717) is 4.88 Å². The average Bonchev–Trinajstić information content (AvgIpc) is 2.81. The van der Waals surface area contributed by atoms with Crippen LogP contribution in [-0.4, -0.2) is 9.78 Å². The molecular formula is C11H11F3N2S. The van der Waals surface area contributed by atoms with E-state index in [4.69, 9.17) is 0 Å². The summed E-state index contributed by atoms with van der Waals surface area (Å²) in [6.07, 6.45) is -2.66. The molecule has 0 aliphatic rings. The molecule has 0 saturated heterocycles. The number of aromatic nitrogens is 2. The molecule has 0 aliphatic heterocycles. The van der Waals surface area contributed by atoms with Crippen molar-refractivity contribution >= 4 is 11.3 Å². The van der Waals surface area contributed by atoms with E-state index in [1.165, 1.54) is 23.1 Å². The van der Waals surface area contributed by atoms with Crippen LogP contribution in [0.5, 0.6) is 0 Å². The number of rotatable bonds is 2. The van der Waals surface area contributed by atoms with Gasteiger partial charge < -0.3 is 0 Å². The summed E-state index contributed by atoms with van der Waals surface area (Å²) >= 11 is 1.37. The van der Waals surface area contributed by atoms with Crippen LogP contribution in [0.3, 0.4) is 0 Å². The molecule has 0 radical (unpaired) electrons. The van der Waals surface area contributed by atoms with Crippen molar-refractivity contribution in [3.63, 3.8) is 0 Å². The van der Waals surface area contributed by atoms with Crippen LogP contribution >= 0.6 is 11.3 Å². The Kier molecular flexibility index (Phi) is 2.99. The van der Waals surface area contributed by atoms with Gasteiger partial charge in [0.15, 0.2) is 0 Å². The quantitative estimate of drug-likeness (QED) is 0.804. The molecule has 92 valence electrons. The normalized spacial score (nSPS) is 12.1. The summed E-state index contributed by atoms with van der Waals surface area (Å²) in [6.45, 7) is 1.98. The van der Waals surface area contributed by atoms with E-state index < -0.39 is 11.7 Å². The lowest BCUT2D eigenvalue weighted by Crippen LogP contribution is -2.06. The van der Waals surface area contributed by atoms with Crippen molar-refractivity contribution in [1.82, 2.24) is 9.78 Å². The predicted molar refractivity (Wildman–Crippen MR) is 60.9 cm³/mol. The maximum atomic E-state index is 12.8. The highest BCUT2D eigenvalue weighted by Gasteiger charge is 2.36. The predicted octanol–water partition coefficient (Wildman–Crippen LogP) is 3.73. The number of aryl methyl sites for hydroxylation is 2. The standard InChI is InChI=1S/C11H11F3N2S/c1-3-7-4-5-9(17-7)10-8(11(12,13)14)6-15-16(10)2/h4-6H,3H2,1-2H3. The number of hydrogen-bond acceptors (Lipinski definition) is 2. The Morgan fingerprint density at radius 3 is 2.59 bits per heavy atom. The minimum atomic E-state index is -4.36. The summed E-state index contributed by atoms with van der Waals surface area (Å²) in [5.74, 6) is 0. The zero-order chi connectivity index (χ0) is 12.6. The van der Waals surface area contributed by atoms with Crippen LogP contribution in [0.25, 0.3) is 10.6 Å². The van der Waals surface area contributed by atoms with Gasteiger partial charge in [-0.2, -0.15) is 18.3 Å². The summed E-state index contributed by atoms with van der Waals surface area (Å²) in [5.41, 5.74) is -0.535. The van der Waals surface area contributed by atoms with Crippen molar-refractivity contribution in [3.8, 4) is 10.6 Å². The van der Waals surface area contributed by atoms with Crippen LogP contribution in [-0.2, 0) is 19.6 Å². The smallest absolute Gasteiger partial charge is 0.266 e. The molecule has 2 heterocycles. The Balaban J connectivity index is 2.54. The molecule has 0 aromatic carbocycles. The van der Waals surface area contributed by atoms with E-state index in [-0.39, 0.29) is 5.69 Å². The van der Waals surface area contributed by atoms with Gasteiger partial charge >= 0.3 is 6.18 Å². The number of hydrogen-bond donors (Lipinski definition) is 0. The Morgan fingerprint density at radius 2 is 2.06 bits per heavy atom. The molecule has 0 amide bonds. The van der Waals surface area contributed by atoms with Crippen LogP contribution in [0.15, 0.2) is 18.3 Å². The van der Waals surface area contributed by atoms with Crippen molar-refractivity contribution < 1.29 is 13.2 Å². The largest absolute Gasteiger partial charge is 0.420 e. The van der Waals surface area contributed by atoms with Gasteiger partial charge in [-0.25, -0.2) is 0 Å². The van der Waals surface area contributed by atoms with Crippen LogP contribution in [0.2, 0.25) is 0 Å². The van der Waals surface area contributed by atoms with Crippen LogP contribution in [0.1, 0.15) is 17.4 Å². The van der Waals surface area contributed by atoms with Gasteiger partial charge in [-0.1, -0.05) is 6.92 Å². The zero-order valence-electron chi connectivity index (χ0n) is 9.38. The van der Waals surface area contributed by atoms with Gasteiger partial charge in [-0.05, 0) is 18.6 Å². The highest BCUT2D eigenvalue weighted by atomic mass is 32.1. The monoisotopic (exact) mass is 260 g/mol. The van der Waals surface area contributed by atoms with Crippen molar-refractivity contribution in [2.24, 2.45) is 7.05 Å². The molecule has 17 heavy (non-hydrogen) atoms. The van der Waals surface area contributed by atoms with Gasteiger partial charge in [0.2, 0.25) is 0 Å². The second-order valence-corrected chi connectivity index (χ2v) is 4.82. The first-order valence-corrected chi connectivity index (χ1v) is 5.93. The van der Waals surface area contributed by atoms with Crippen LogP contribution in [0, 0.1) is 0 Å². The molecular weight excluding hydrogens is 249 g/mol. The Hall–Kier alpha value is -1.30. The van der Waals surface area contributed by atoms with E-state index in [0.717, 1.165) is 17.5 Å². The summed E-state index contributed by atoms with van der Waals surface area (Å²) in [4.78, 5) is 1.67. The molecule has 0 N–H and O–H groups in total. The first-order chi connectivity index (χ1) is 7.93. The first kappa shape index (κ1) is 12.2. The molecule has 0 saturated carbocycles. The van der Waals surface area contributed by atoms with E-state index in [2.05, 4.69) is 5.10 Å². The molecule has 0 spiro atoms. The summed E-state index contributed by atoms with van der Waals surface area (Å²) in [6, 6.07) is 3.57. The van der Waals surface area contributed by atoms with Crippen LogP contribution < -0.4 is 0 Å². The zero-order valence-corrected chi connectivity index (χ0v) is 10.2. The highest BCUT2D eigenvalue weighted by Crippen LogP contribution is 2.39. The van der Waals surface area contributed by atoms with Gasteiger partial charge in [0.05, 0.1) is 16.8 Å². The minimum Gasteiger partial charge on any atom is -0.266 e. The molecule has 0 atom stereocenters. The first-order valence-electron chi connectivity index (χ1n) is 5.11. The minimum absolute atomic E-state index is 0.141. The maximum Gasteiger partial charge on any atom is 0.420 e. The van der Waals surface area contributed by atoms with Gasteiger partial charge in [-0.15, -0.1) is 11.3 Å². The third-order valence-electron chi connectivity index (χ3n) is 2.49. The fraction of sp³-hybridized carbons (Fsp3) is 0.364. The van der Waals surface area contributed by atoms with Crippen molar-refractivity contribution in [1.29, 1.82) is 0 Å². The molecule has 2 aromatic rings. The SMILES string of the molecule is CCc1ccc(-c2c(C(F)(F)F)cnn2C)s1. The molecule has 0 aliphatic carbocycles. The van der Waals surface area contributed by atoms with Gasteiger partial charge in [0.1, 0.15) is 5.56 Å². The molecule has 6 heteroatoms. The van der Waals surface area contributed by atoms with Crippen molar-refractivity contribution in [3.05, 3.63) is 28.8 Å². The molecule has 0 fully saturated rings. The molecule has 2 rings (SSSR count). The van der Waals surface area contributed by atoms with E-state index in [9.17, 15) is 13.2 Å². The molecule has 2 nitrogen and oxygen atoms in total. The molecule has 2 aromatic heterocycles. The molecule has 0 unspecified atom stereocenters.